The number of aromatic nitrogens is 2. The molecule has 0 aliphatic heterocycles. The number of ether oxygens (including phenoxy) is 2. The van der Waals surface area contributed by atoms with E-state index in [-0.39, 0.29) is 0 Å². The predicted octanol–water partition coefficient (Wildman–Crippen LogP) is 4.38. The molecule has 0 amide bonds. The van der Waals surface area contributed by atoms with Gasteiger partial charge in [0.15, 0.2) is 11.5 Å². The van der Waals surface area contributed by atoms with E-state index in [1.165, 1.54) is 16.7 Å². The number of hydrogen-bond donors (Lipinski definition) is 2. The molecule has 2 N–H and O–H groups in total. The molecular formula is C23H28N4O2. The Balaban J connectivity index is 1.59. The van der Waals surface area contributed by atoms with E-state index < -0.39 is 0 Å². The number of methoxy groups -OCH3 is 2. The van der Waals surface area contributed by atoms with Gasteiger partial charge in [0.2, 0.25) is 5.95 Å². The van der Waals surface area contributed by atoms with E-state index in [4.69, 9.17) is 9.47 Å². The van der Waals surface area contributed by atoms with Crippen molar-refractivity contribution in [3.63, 3.8) is 0 Å². The van der Waals surface area contributed by atoms with Gasteiger partial charge in [-0.15, -0.1) is 0 Å². The van der Waals surface area contributed by atoms with Crippen molar-refractivity contribution < 1.29 is 9.47 Å². The van der Waals surface area contributed by atoms with Crippen LogP contribution in [0.3, 0.4) is 0 Å². The van der Waals surface area contributed by atoms with Crippen LogP contribution in [0.4, 0.5) is 11.8 Å². The zero-order chi connectivity index (χ0) is 20.6. The van der Waals surface area contributed by atoms with Crippen molar-refractivity contribution in [3.8, 4) is 11.5 Å². The Morgan fingerprint density at radius 1 is 0.862 bits per heavy atom. The molecular weight excluding hydrogens is 364 g/mol. The van der Waals surface area contributed by atoms with E-state index in [1.54, 1.807) is 14.2 Å². The summed E-state index contributed by atoms with van der Waals surface area (Å²) in [6, 6.07) is 16.2. The average Bonchev–Trinajstić information content (AvgIpc) is 2.72. The molecule has 2 aromatic carbocycles. The standard InChI is InChI=1S/C23H28N4O2/c1-16-7-5-6-8-19(16)15-25-23-26-17(2)13-22(27-23)24-12-11-18-9-10-20(28-3)21(14-18)29-4/h5-10,13-14H,11-12,15H2,1-4H3,(H2,24,25,26,27). The zero-order valence-electron chi connectivity index (χ0n) is 17.5. The molecule has 0 saturated carbocycles. The minimum Gasteiger partial charge on any atom is -0.493 e. The second kappa shape index (κ2) is 9.78. The lowest BCUT2D eigenvalue weighted by Gasteiger charge is -2.12. The van der Waals surface area contributed by atoms with Crippen LogP contribution in [0.2, 0.25) is 0 Å². The van der Waals surface area contributed by atoms with Crippen LogP contribution in [0.5, 0.6) is 11.5 Å². The Hall–Kier alpha value is -3.28. The van der Waals surface area contributed by atoms with E-state index in [2.05, 4.69) is 39.7 Å². The monoisotopic (exact) mass is 392 g/mol. The summed E-state index contributed by atoms with van der Waals surface area (Å²) in [7, 11) is 3.29. The van der Waals surface area contributed by atoms with Gasteiger partial charge in [-0.2, -0.15) is 4.98 Å². The molecule has 0 aliphatic rings. The topological polar surface area (TPSA) is 68.3 Å². The third-order valence-electron chi connectivity index (χ3n) is 4.72. The van der Waals surface area contributed by atoms with Gasteiger partial charge in [0.05, 0.1) is 14.2 Å². The SMILES string of the molecule is COc1ccc(CCNc2cc(C)nc(NCc3ccccc3C)n2)cc1OC. The first-order valence-electron chi connectivity index (χ1n) is 9.68. The van der Waals surface area contributed by atoms with E-state index in [9.17, 15) is 0 Å². The molecule has 1 heterocycles. The first kappa shape index (κ1) is 20.5. The van der Waals surface area contributed by atoms with Crippen molar-refractivity contribution in [2.24, 2.45) is 0 Å². The summed E-state index contributed by atoms with van der Waals surface area (Å²) in [5, 5.41) is 6.71. The van der Waals surface area contributed by atoms with Gasteiger partial charge in [-0.25, -0.2) is 4.98 Å². The predicted molar refractivity (Wildman–Crippen MR) is 117 cm³/mol. The lowest BCUT2D eigenvalue weighted by molar-refractivity contribution is 0.354. The molecule has 0 fully saturated rings. The minimum absolute atomic E-state index is 0.627. The summed E-state index contributed by atoms with van der Waals surface area (Å²) in [5.41, 5.74) is 4.57. The zero-order valence-corrected chi connectivity index (χ0v) is 17.5. The number of anilines is 2. The summed E-state index contributed by atoms with van der Waals surface area (Å²) in [5.74, 6) is 2.91. The lowest BCUT2D eigenvalue weighted by Crippen LogP contribution is -2.10. The van der Waals surface area contributed by atoms with E-state index in [0.29, 0.717) is 12.5 Å². The normalized spacial score (nSPS) is 10.5. The van der Waals surface area contributed by atoms with Crippen LogP contribution in [0.25, 0.3) is 0 Å². The van der Waals surface area contributed by atoms with Gasteiger partial charge in [-0.3, -0.25) is 0 Å². The fraction of sp³-hybridized carbons (Fsp3) is 0.304. The Labute approximate surface area is 172 Å². The average molecular weight is 393 g/mol. The third-order valence-corrected chi connectivity index (χ3v) is 4.72. The number of rotatable bonds is 9. The Morgan fingerprint density at radius 3 is 2.41 bits per heavy atom. The molecule has 0 unspecified atom stereocenters. The van der Waals surface area contributed by atoms with Crippen LogP contribution in [0.15, 0.2) is 48.5 Å². The van der Waals surface area contributed by atoms with E-state index >= 15 is 0 Å². The maximum Gasteiger partial charge on any atom is 0.225 e. The van der Waals surface area contributed by atoms with Gasteiger partial charge in [0.25, 0.3) is 0 Å². The second-order valence-electron chi connectivity index (χ2n) is 6.86. The maximum atomic E-state index is 5.37. The fourth-order valence-electron chi connectivity index (χ4n) is 3.09. The molecule has 3 aromatic rings. The summed E-state index contributed by atoms with van der Waals surface area (Å²) >= 11 is 0. The third kappa shape index (κ3) is 5.60. The van der Waals surface area contributed by atoms with Crippen molar-refractivity contribution in [2.75, 3.05) is 31.4 Å². The maximum absolute atomic E-state index is 5.37. The first-order valence-corrected chi connectivity index (χ1v) is 9.68. The summed E-state index contributed by atoms with van der Waals surface area (Å²) in [6.45, 7) is 5.53. The van der Waals surface area contributed by atoms with Crippen LogP contribution in [0.1, 0.15) is 22.4 Å². The largest absolute Gasteiger partial charge is 0.493 e. The Morgan fingerprint density at radius 2 is 1.66 bits per heavy atom. The lowest BCUT2D eigenvalue weighted by atomic mass is 10.1. The van der Waals surface area contributed by atoms with E-state index in [1.807, 2.05) is 43.3 Å². The van der Waals surface area contributed by atoms with Crippen LogP contribution < -0.4 is 20.1 Å². The highest BCUT2D eigenvalue weighted by molar-refractivity contribution is 5.45. The van der Waals surface area contributed by atoms with Gasteiger partial charge >= 0.3 is 0 Å². The van der Waals surface area contributed by atoms with Gasteiger partial charge in [0, 0.05) is 24.8 Å². The van der Waals surface area contributed by atoms with Crippen molar-refractivity contribution in [3.05, 3.63) is 70.9 Å². The molecule has 0 aliphatic carbocycles. The molecule has 6 heteroatoms. The van der Waals surface area contributed by atoms with Gasteiger partial charge < -0.3 is 20.1 Å². The van der Waals surface area contributed by atoms with Crippen LogP contribution >= 0.6 is 0 Å². The molecule has 3 rings (SSSR count). The minimum atomic E-state index is 0.627. The molecule has 0 bridgehead atoms. The van der Waals surface area contributed by atoms with Crippen LogP contribution in [-0.2, 0) is 13.0 Å². The smallest absolute Gasteiger partial charge is 0.225 e. The fourth-order valence-corrected chi connectivity index (χ4v) is 3.09. The second-order valence-corrected chi connectivity index (χ2v) is 6.86. The Kier molecular flexibility index (Phi) is 6.89. The highest BCUT2D eigenvalue weighted by Gasteiger charge is 2.06. The summed E-state index contributed by atoms with van der Waals surface area (Å²) in [6.07, 6.45) is 0.843. The van der Waals surface area contributed by atoms with Gasteiger partial charge in [-0.05, 0) is 49.1 Å². The number of nitrogens with zero attached hydrogens (tertiary/aromatic N) is 2. The van der Waals surface area contributed by atoms with Crippen LogP contribution in [0, 0.1) is 13.8 Å². The number of hydrogen-bond acceptors (Lipinski definition) is 6. The van der Waals surface area contributed by atoms with Crippen molar-refractivity contribution >= 4 is 11.8 Å². The molecule has 0 saturated heterocycles. The van der Waals surface area contributed by atoms with Crippen molar-refractivity contribution in [1.29, 1.82) is 0 Å². The highest BCUT2D eigenvalue weighted by atomic mass is 16.5. The molecule has 0 atom stereocenters. The molecule has 0 spiro atoms. The summed E-state index contributed by atoms with van der Waals surface area (Å²) in [4.78, 5) is 9.09. The highest BCUT2D eigenvalue weighted by Crippen LogP contribution is 2.27. The van der Waals surface area contributed by atoms with E-state index in [0.717, 1.165) is 36.0 Å². The summed E-state index contributed by atoms with van der Waals surface area (Å²) < 4.78 is 10.7. The van der Waals surface area contributed by atoms with Crippen LogP contribution in [-0.4, -0.2) is 30.7 Å². The first-order chi connectivity index (χ1) is 14.1. The number of aryl methyl sites for hydroxylation is 2. The van der Waals surface area contributed by atoms with Crippen molar-refractivity contribution in [2.45, 2.75) is 26.8 Å². The molecule has 6 nitrogen and oxygen atoms in total. The molecule has 29 heavy (non-hydrogen) atoms. The quantitative estimate of drug-likeness (QED) is 0.563. The van der Waals surface area contributed by atoms with Gasteiger partial charge in [-0.1, -0.05) is 30.3 Å². The Bertz CT molecular complexity index is 959. The van der Waals surface area contributed by atoms with Gasteiger partial charge in [0.1, 0.15) is 5.82 Å². The number of benzene rings is 2. The molecule has 152 valence electrons. The molecule has 1 aromatic heterocycles. The molecule has 0 radical (unpaired) electrons. The number of nitrogens with one attached hydrogen (secondary N) is 2. The van der Waals surface area contributed by atoms with Crippen molar-refractivity contribution in [1.82, 2.24) is 9.97 Å².